The van der Waals surface area contributed by atoms with Crippen molar-refractivity contribution in [2.75, 3.05) is 0 Å². The highest BCUT2D eigenvalue weighted by atomic mass is 16.1. The molecule has 0 heterocycles. The van der Waals surface area contributed by atoms with E-state index in [-0.39, 0.29) is 11.4 Å². The first-order valence-electron chi connectivity index (χ1n) is 6.93. The predicted octanol–water partition coefficient (Wildman–Crippen LogP) is 5.26. The van der Waals surface area contributed by atoms with E-state index in [0.29, 0.717) is 11.1 Å². The lowest BCUT2D eigenvalue weighted by Crippen LogP contribution is -2.02. The molecule has 2 aromatic rings. The fraction of sp³-hybridized carbons (Fsp3) is 0. The fourth-order valence-corrected chi connectivity index (χ4v) is 1.92. The lowest BCUT2D eigenvalue weighted by atomic mass is 10.1. The molecule has 7 nitrogen and oxygen atoms in total. The van der Waals surface area contributed by atoms with Gasteiger partial charge < -0.3 is 0 Å². The minimum atomic E-state index is -0.654. The molecular weight excluding hydrogens is 304 g/mol. The molecule has 0 radical (unpaired) electrons. The highest BCUT2D eigenvalue weighted by Gasteiger charge is 2.13. The first-order valence-corrected chi connectivity index (χ1v) is 6.93. The number of nitrogens with zero attached hydrogens (tertiary/aromatic N) is 6. The van der Waals surface area contributed by atoms with E-state index in [2.05, 4.69) is 20.1 Å². The maximum absolute atomic E-state index is 12.6. The maximum Gasteiger partial charge on any atom is 0.197 e. The zero-order valence-electron chi connectivity index (χ0n) is 12.5. The lowest BCUT2D eigenvalue weighted by Gasteiger charge is -2.02. The van der Waals surface area contributed by atoms with E-state index in [9.17, 15) is 4.79 Å². The van der Waals surface area contributed by atoms with Gasteiger partial charge in [0.25, 0.3) is 0 Å². The van der Waals surface area contributed by atoms with Crippen molar-refractivity contribution in [3.8, 4) is 0 Å². The second-order valence-electron chi connectivity index (χ2n) is 4.59. The van der Waals surface area contributed by atoms with Gasteiger partial charge in [0.05, 0.1) is 11.4 Å². The average Bonchev–Trinajstić information content (AvgIpc) is 2.62. The molecule has 7 heteroatoms. The van der Waals surface area contributed by atoms with Crippen LogP contribution in [-0.2, 0) is 4.79 Å². The molecule has 0 bridgehead atoms. The Kier molecular flexibility index (Phi) is 5.94. The van der Waals surface area contributed by atoms with Gasteiger partial charge in [-0.05, 0) is 34.3 Å². The Morgan fingerprint density at radius 2 is 1.12 bits per heavy atom. The van der Waals surface area contributed by atoms with E-state index in [1.807, 2.05) is 12.1 Å². The quantitative estimate of drug-likeness (QED) is 0.307. The lowest BCUT2D eigenvalue weighted by molar-refractivity contribution is -0.112. The number of hydrogen-bond donors (Lipinski definition) is 0. The molecule has 0 aliphatic heterocycles. The van der Waals surface area contributed by atoms with E-state index in [4.69, 9.17) is 11.1 Å². The van der Waals surface area contributed by atoms with Crippen molar-refractivity contribution in [1.82, 2.24) is 0 Å². The van der Waals surface area contributed by atoms with Crippen LogP contribution in [0.1, 0.15) is 11.1 Å². The number of Topliss-reactive ketones (excluding diaryl/α,β-unsaturated/α-hetero) is 1. The van der Waals surface area contributed by atoms with Gasteiger partial charge in [-0.1, -0.05) is 70.9 Å². The Labute approximate surface area is 137 Å². The van der Waals surface area contributed by atoms with Crippen LogP contribution in [0.3, 0.4) is 0 Å². The summed E-state index contributed by atoms with van der Waals surface area (Å²) in [6.45, 7) is 0. The van der Waals surface area contributed by atoms with Crippen LogP contribution >= 0.6 is 0 Å². The Morgan fingerprint density at radius 3 is 1.46 bits per heavy atom. The van der Waals surface area contributed by atoms with Crippen molar-refractivity contribution in [2.24, 2.45) is 10.2 Å². The zero-order valence-corrected chi connectivity index (χ0v) is 12.5. The Morgan fingerprint density at radius 1 is 0.750 bits per heavy atom. The van der Waals surface area contributed by atoms with E-state index in [1.165, 1.54) is 12.2 Å². The van der Waals surface area contributed by atoms with Crippen molar-refractivity contribution in [3.05, 3.63) is 104 Å². The van der Waals surface area contributed by atoms with Crippen molar-refractivity contribution >= 4 is 17.9 Å². The van der Waals surface area contributed by atoms with Gasteiger partial charge in [0.2, 0.25) is 0 Å². The molecule has 0 aliphatic carbocycles. The van der Waals surface area contributed by atoms with Gasteiger partial charge >= 0.3 is 0 Å². The molecule has 116 valence electrons. The maximum atomic E-state index is 12.6. The number of benzene rings is 2. The molecule has 2 rings (SSSR count). The van der Waals surface area contributed by atoms with E-state index in [1.54, 1.807) is 48.5 Å². The second-order valence-corrected chi connectivity index (χ2v) is 4.59. The Hall–Kier alpha value is -3.79. The predicted molar refractivity (Wildman–Crippen MR) is 92.1 cm³/mol. The molecule has 0 fully saturated rings. The molecular formula is C17H12N6O. The van der Waals surface area contributed by atoms with Crippen LogP contribution in [0.25, 0.3) is 33.0 Å². The molecule has 0 atom stereocenters. The largest absolute Gasteiger partial charge is 0.289 e. The molecule has 0 spiro atoms. The summed E-state index contributed by atoms with van der Waals surface area (Å²) in [4.78, 5) is 17.9. The second kappa shape index (κ2) is 8.60. The Balaban J connectivity index is 2.46. The average molecular weight is 316 g/mol. The number of ketones is 1. The molecule has 2 aromatic carbocycles. The summed E-state index contributed by atoms with van der Waals surface area (Å²) in [6, 6.07) is 17.8. The highest BCUT2D eigenvalue weighted by molar-refractivity contribution is 6.12. The monoisotopic (exact) mass is 316 g/mol. The summed E-state index contributed by atoms with van der Waals surface area (Å²) in [6.07, 6.45) is 2.88. The summed E-state index contributed by atoms with van der Waals surface area (Å²) in [7, 11) is 0. The van der Waals surface area contributed by atoms with E-state index < -0.39 is 5.78 Å². The third-order valence-electron chi connectivity index (χ3n) is 2.98. The van der Waals surface area contributed by atoms with Crippen molar-refractivity contribution in [3.63, 3.8) is 0 Å². The number of hydrogen-bond acceptors (Lipinski definition) is 3. The number of carbonyl (C=O) groups excluding carboxylic acids is 1. The van der Waals surface area contributed by atoms with Gasteiger partial charge in [0, 0.05) is 9.82 Å². The summed E-state index contributed by atoms with van der Waals surface area (Å²) in [5, 5.41) is 6.86. The Bertz CT molecular complexity index is 800. The van der Waals surface area contributed by atoms with Crippen molar-refractivity contribution < 1.29 is 4.79 Å². The van der Waals surface area contributed by atoms with Gasteiger partial charge in [-0.3, -0.25) is 4.79 Å². The van der Waals surface area contributed by atoms with Crippen LogP contribution in [0.2, 0.25) is 0 Å². The molecule has 0 aliphatic rings. The zero-order chi connectivity index (χ0) is 17.2. The number of rotatable bonds is 6. The van der Waals surface area contributed by atoms with Crippen LogP contribution in [0, 0.1) is 0 Å². The van der Waals surface area contributed by atoms with Gasteiger partial charge in [-0.15, -0.1) is 0 Å². The summed E-state index contributed by atoms with van der Waals surface area (Å²) < 4.78 is 0. The molecule has 0 amide bonds. The molecule has 24 heavy (non-hydrogen) atoms. The molecule has 0 saturated heterocycles. The first kappa shape index (κ1) is 16.6. The van der Waals surface area contributed by atoms with Gasteiger partial charge in [-0.25, -0.2) is 0 Å². The summed E-state index contributed by atoms with van der Waals surface area (Å²) >= 11 is 0. The highest BCUT2D eigenvalue weighted by Crippen LogP contribution is 2.17. The smallest absolute Gasteiger partial charge is 0.197 e. The van der Waals surface area contributed by atoms with E-state index >= 15 is 0 Å². The molecule has 0 N–H and O–H groups in total. The summed E-state index contributed by atoms with van der Waals surface area (Å²) in [5.41, 5.74) is 18.5. The molecule has 0 aromatic heterocycles. The third kappa shape index (κ3) is 4.61. The minimum absolute atomic E-state index is 0.154. The van der Waals surface area contributed by atoms with Gasteiger partial charge in [0.1, 0.15) is 0 Å². The molecule has 0 unspecified atom stereocenters. The van der Waals surface area contributed by atoms with Gasteiger partial charge in [-0.2, -0.15) is 0 Å². The van der Waals surface area contributed by atoms with E-state index in [0.717, 1.165) is 0 Å². The van der Waals surface area contributed by atoms with Crippen molar-refractivity contribution in [1.29, 1.82) is 0 Å². The standard InChI is InChI=1S/C17H12N6O/c18-22-20-15(11-13-7-3-1-4-8-13)17(24)16(21-23-19)12-14-9-5-2-6-10-14/h1-12H. The van der Waals surface area contributed by atoms with Gasteiger partial charge in [0.15, 0.2) is 5.78 Å². The molecule has 0 saturated carbocycles. The summed E-state index contributed by atoms with van der Waals surface area (Å²) in [5.74, 6) is -0.654. The van der Waals surface area contributed by atoms with Crippen LogP contribution in [-0.4, -0.2) is 5.78 Å². The number of carbonyl (C=O) groups is 1. The topological polar surface area (TPSA) is 115 Å². The van der Waals surface area contributed by atoms with Crippen LogP contribution in [0.4, 0.5) is 0 Å². The normalized spacial score (nSPS) is 11.2. The van der Waals surface area contributed by atoms with Crippen molar-refractivity contribution in [2.45, 2.75) is 0 Å². The third-order valence-corrected chi connectivity index (χ3v) is 2.98. The van der Waals surface area contributed by atoms with Crippen LogP contribution in [0.5, 0.6) is 0 Å². The van der Waals surface area contributed by atoms with Crippen LogP contribution in [0.15, 0.2) is 82.3 Å². The SMILES string of the molecule is [N-]=[N+]=NC(=Cc1ccccc1)C(=O)C(=Cc1ccccc1)N=[N+]=[N-]. The van der Waals surface area contributed by atoms with Crippen LogP contribution < -0.4 is 0 Å². The minimum Gasteiger partial charge on any atom is -0.289 e. The number of azide groups is 2. The first-order chi connectivity index (χ1) is 11.7. The fourth-order valence-electron chi connectivity index (χ4n) is 1.92.